The van der Waals surface area contributed by atoms with Crippen LogP contribution in [0.2, 0.25) is 0 Å². The molecule has 1 saturated heterocycles. The largest absolute Gasteiger partial charge is 0.140 e. The molecular formula is C19H24S. The highest BCUT2D eigenvalue weighted by molar-refractivity contribution is 8.01. The van der Waals surface area contributed by atoms with Crippen molar-refractivity contribution in [1.82, 2.24) is 0 Å². The van der Waals surface area contributed by atoms with Gasteiger partial charge in [0.2, 0.25) is 0 Å². The predicted octanol–water partition coefficient (Wildman–Crippen LogP) is 5.77. The van der Waals surface area contributed by atoms with Gasteiger partial charge in [-0.2, -0.15) is 0 Å². The normalized spacial score (nSPS) is 26.6. The van der Waals surface area contributed by atoms with E-state index in [1.807, 2.05) is 11.8 Å². The van der Waals surface area contributed by atoms with E-state index in [-0.39, 0.29) is 0 Å². The van der Waals surface area contributed by atoms with Crippen LogP contribution in [0.4, 0.5) is 0 Å². The molecule has 1 aliphatic carbocycles. The van der Waals surface area contributed by atoms with E-state index in [0.29, 0.717) is 10.5 Å². The first-order valence-corrected chi connectivity index (χ1v) is 8.26. The third kappa shape index (κ3) is 2.93. The Morgan fingerprint density at radius 2 is 2.25 bits per heavy atom. The SMILES string of the molecule is C=C1C2=CC=CCC2SC1C(=C)C(/C=C(/C)CC)=C/C. The maximum absolute atomic E-state index is 4.36. The van der Waals surface area contributed by atoms with Crippen molar-refractivity contribution in [2.45, 2.75) is 44.1 Å². The molecule has 0 spiro atoms. The van der Waals surface area contributed by atoms with E-state index in [9.17, 15) is 0 Å². The average Bonchev–Trinajstić information content (AvgIpc) is 2.81. The van der Waals surface area contributed by atoms with Gasteiger partial charge in [-0.05, 0) is 49.0 Å². The highest BCUT2D eigenvalue weighted by Crippen LogP contribution is 2.48. The van der Waals surface area contributed by atoms with Crippen molar-refractivity contribution in [1.29, 1.82) is 0 Å². The van der Waals surface area contributed by atoms with Crippen LogP contribution in [0.1, 0.15) is 33.6 Å². The maximum atomic E-state index is 4.36. The Kier molecular flexibility index (Phi) is 4.93. The predicted molar refractivity (Wildman–Crippen MR) is 93.1 cm³/mol. The van der Waals surface area contributed by atoms with E-state index in [4.69, 9.17) is 0 Å². The van der Waals surface area contributed by atoms with Gasteiger partial charge in [-0.25, -0.2) is 0 Å². The summed E-state index contributed by atoms with van der Waals surface area (Å²) in [5.74, 6) is 0. The van der Waals surface area contributed by atoms with Gasteiger partial charge in [-0.15, -0.1) is 11.8 Å². The van der Waals surface area contributed by atoms with Gasteiger partial charge in [0.25, 0.3) is 0 Å². The van der Waals surface area contributed by atoms with Gasteiger partial charge in [-0.3, -0.25) is 0 Å². The Labute approximate surface area is 127 Å². The minimum absolute atomic E-state index is 0.332. The van der Waals surface area contributed by atoms with Crippen LogP contribution in [0, 0.1) is 0 Å². The van der Waals surface area contributed by atoms with Crippen molar-refractivity contribution in [2.24, 2.45) is 0 Å². The van der Waals surface area contributed by atoms with Gasteiger partial charge >= 0.3 is 0 Å². The van der Waals surface area contributed by atoms with Gasteiger partial charge in [0, 0.05) is 5.25 Å². The second kappa shape index (κ2) is 6.49. The molecule has 0 amide bonds. The van der Waals surface area contributed by atoms with Crippen molar-refractivity contribution >= 4 is 11.8 Å². The summed E-state index contributed by atoms with van der Waals surface area (Å²) in [4.78, 5) is 0. The number of hydrogen-bond acceptors (Lipinski definition) is 1. The zero-order valence-electron chi connectivity index (χ0n) is 12.8. The third-order valence-corrected chi connectivity index (χ3v) is 5.67. The second-order valence-electron chi connectivity index (χ2n) is 5.43. The Hall–Kier alpha value is -1.21. The van der Waals surface area contributed by atoms with E-state index >= 15 is 0 Å². The maximum Gasteiger partial charge on any atom is 0.0550 e. The topological polar surface area (TPSA) is 0 Å². The van der Waals surface area contributed by atoms with E-state index in [1.54, 1.807) is 0 Å². The highest BCUT2D eigenvalue weighted by atomic mass is 32.2. The van der Waals surface area contributed by atoms with Gasteiger partial charge < -0.3 is 0 Å². The molecule has 106 valence electrons. The lowest BCUT2D eigenvalue weighted by atomic mass is 9.91. The summed E-state index contributed by atoms with van der Waals surface area (Å²) in [5.41, 5.74) is 6.51. The lowest BCUT2D eigenvalue weighted by Crippen LogP contribution is -2.05. The molecule has 2 unspecified atom stereocenters. The lowest BCUT2D eigenvalue weighted by molar-refractivity contribution is 1.01. The number of rotatable bonds is 4. The van der Waals surface area contributed by atoms with E-state index in [1.165, 1.54) is 27.9 Å². The molecule has 0 radical (unpaired) electrons. The molecular weight excluding hydrogens is 260 g/mol. The molecule has 1 heterocycles. The van der Waals surface area contributed by atoms with Crippen LogP contribution in [0.3, 0.4) is 0 Å². The molecule has 0 saturated carbocycles. The van der Waals surface area contributed by atoms with Crippen molar-refractivity contribution in [2.75, 3.05) is 0 Å². The zero-order valence-corrected chi connectivity index (χ0v) is 13.6. The van der Waals surface area contributed by atoms with Gasteiger partial charge in [-0.1, -0.05) is 56.0 Å². The fourth-order valence-electron chi connectivity index (χ4n) is 2.62. The van der Waals surface area contributed by atoms with Crippen LogP contribution >= 0.6 is 11.8 Å². The Bertz CT molecular complexity index is 540. The lowest BCUT2D eigenvalue weighted by Gasteiger charge is -2.16. The van der Waals surface area contributed by atoms with Crippen LogP contribution < -0.4 is 0 Å². The van der Waals surface area contributed by atoms with Crippen molar-refractivity contribution < 1.29 is 0 Å². The van der Waals surface area contributed by atoms with Crippen LogP contribution in [-0.4, -0.2) is 10.5 Å². The molecule has 2 aliphatic rings. The molecule has 0 N–H and O–H groups in total. The molecule has 0 aromatic carbocycles. The summed E-state index contributed by atoms with van der Waals surface area (Å²) in [7, 11) is 0. The highest BCUT2D eigenvalue weighted by Gasteiger charge is 2.35. The molecule has 0 aromatic heterocycles. The Morgan fingerprint density at radius 3 is 2.85 bits per heavy atom. The number of hydrogen-bond donors (Lipinski definition) is 0. The van der Waals surface area contributed by atoms with Crippen molar-refractivity contribution in [3.8, 4) is 0 Å². The van der Waals surface area contributed by atoms with Crippen LogP contribution in [0.15, 0.2) is 71.4 Å². The third-order valence-electron chi connectivity index (χ3n) is 4.05. The molecule has 2 atom stereocenters. The minimum Gasteiger partial charge on any atom is -0.140 e. The Balaban J connectivity index is 2.21. The summed E-state index contributed by atoms with van der Waals surface area (Å²) >= 11 is 2.00. The summed E-state index contributed by atoms with van der Waals surface area (Å²) < 4.78 is 0. The monoisotopic (exact) mass is 284 g/mol. The zero-order chi connectivity index (χ0) is 14.7. The van der Waals surface area contributed by atoms with Gasteiger partial charge in [0.1, 0.15) is 0 Å². The molecule has 0 bridgehead atoms. The molecule has 20 heavy (non-hydrogen) atoms. The first-order valence-electron chi connectivity index (χ1n) is 7.32. The van der Waals surface area contributed by atoms with E-state index < -0.39 is 0 Å². The minimum atomic E-state index is 0.332. The van der Waals surface area contributed by atoms with Crippen LogP contribution in [-0.2, 0) is 0 Å². The molecule has 0 nitrogen and oxygen atoms in total. The van der Waals surface area contributed by atoms with Crippen LogP contribution in [0.5, 0.6) is 0 Å². The molecule has 1 heteroatoms. The van der Waals surface area contributed by atoms with E-state index in [2.05, 4.69) is 64.3 Å². The average molecular weight is 284 g/mol. The van der Waals surface area contributed by atoms with Crippen molar-refractivity contribution in [3.05, 3.63) is 71.4 Å². The molecule has 2 rings (SSSR count). The van der Waals surface area contributed by atoms with Gasteiger partial charge in [0.05, 0.1) is 5.25 Å². The number of fused-ring (bicyclic) bond motifs is 1. The van der Waals surface area contributed by atoms with E-state index in [0.717, 1.165) is 12.8 Å². The first-order chi connectivity index (χ1) is 9.58. The first kappa shape index (κ1) is 15.2. The second-order valence-corrected chi connectivity index (χ2v) is 6.74. The smallest absolute Gasteiger partial charge is 0.0550 e. The van der Waals surface area contributed by atoms with Crippen molar-refractivity contribution in [3.63, 3.8) is 0 Å². The summed E-state index contributed by atoms with van der Waals surface area (Å²) in [6.07, 6.45) is 13.3. The summed E-state index contributed by atoms with van der Waals surface area (Å²) in [6, 6.07) is 0. The fraction of sp³-hybridized carbons (Fsp3) is 0.368. The Morgan fingerprint density at radius 1 is 1.50 bits per heavy atom. The number of thioether (sulfide) groups is 1. The summed E-state index contributed by atoms with van der Waals surface area (Å²) in [6.45, 7) is 15.2. The van der Waals surface area contributed by atoms with Crippen LogP contribution in [0.25, 0.3) is 0 Å². The molecule has 0 aromatic rings. The molecule has 1 aliphatic heterocycles. The fourth-order valence-corrected chi connectivity index (χ4v) is 4.15. The quantitative estimate of drug-likeness (QED) is 0.590. The summed E-state index contributed by atoms with van der Waals surface area (Å²) in [5, 5.41) is 0.905. The van der Waals surface area contributed by atoms with Gasteiger partial charge in [0.15, 0.2) is 0 Å². The molecule has 1 fully saturated rings. The number of allylic oxidation sites excluding steroid dienone is 7. The standard InChI is InChI=1S/C19H24S/c1-6-13(3)12-16(7-2)14(4)19-15(5)17-10-8-9-11-18(17)20-19/h7-10,12,18-19H,4-6,11H2,1-3H3/b13-12-,16-7+.